The van der Waals surface area contributed by atoms with E-state index in [2.05, 4.69) is 41.5 Å². The van der Waals surface area contributed by atoms with Crippen molar-refractivity contribution in [1.29, 1.82) is 0 Å². The predicted octanol–water partition coefficient (Wildman–Crippen LogP) is 2.17. The number of aliphatic hydroxyl groups is 1. The second-order valence-corrected chi connectivity index (χ2v) is 6.98. The van der Waals surface area contributed by atoms with Crippen molar-refractivity contribution in [2.24, 2.45) is 12.5 Å². The second kappa shape index (κ2) is 4.98. The van der Waals surface area contributed by atoms with Crippen molar-refractivity contribution in [2.45, 2.75) is 52.7 Å². The third kappa shape index (κ3) is 2.75. The van der Waals surface area contributed by atoms with Crippen molar-refractivity contribution in [3.8, 4) is 0 Å². The van der Waals surface area contributed by atoms with Gasteiger partial charge in [-0.1, -0.05) is 13.8 Å². The molecule has 1 N–H and O–H groups in total. The van der Waals surface area contributed by atoms with E-state index < -0.39 is 0 Å². The number of hydrogen-bond acceptors (Lipinski definition) is 3. The number of aromatic nitrogens is 4. The smallest absolute Gasteiger partial charge is 0.152 e. The number of hydrogen-bond donors (Lipinski definition) is 1. The molecule has 5 nitrogen and oxygen atoms in total. The highest BCUT2D eigenvalue weighted by Gasteiger charge is 2.33. The molecule has 0 fully saturated rings. The topological polar surface area (TPSA) is 55.9 Å². The molecule has 0 spiro atoms. The Balaban J connectivity index is 1.86. The Hall–Kier alpha value is -1.62. The van der Waals surface area contributed by atoms with Crippen LogP contribution in [0.5, 0.6) is 0 Å². The molecule has 2 heterocycles. The molecule has 0 radical (unpaired) electrons. The number of fused-ring (bicyclic) bond motifs is 1. The van der Waals surface area contributed by atoms with Crippen molar-refractivity contribution >= 4 is 0 Å². The molecule has 114 valence electrons. The average molecular weight is 288 g/mol. The first kappa shape index (κ1) is 14.3. The highest BCUT2D eigenvalue weighted by molar-refractivity contribution is 5.33. The Kier molecular flexibility index (Phi) is 3.40. The summed E-state index contributed by atoms with van der Waals surface area (Å²) in [6.07, 6.45) is 4.07. The summed E-state index contributed by atoms with van der Waals surface area (Å²) in [5.41, 5.74) is 3.76. The molecular weight excluding hydrogens is 264 g/mol. The first-order chi connectivity index (χ1) is 9.85. The molecule has 1 atom stereocenters. The minimum absolute atomic E-state index is 0.151. The Labute approximate surface area is 125 Å². The quantitative estimate of drug-likeness (QED) is 0.941. The van der Waals surface area contributed by atoms with Gasteiger partial charge in [0.1, 0.15) is 6.33 Å². The molecule has 3 rings (SSSR count). The Bertz CT molecular complexity index is 653. The van der Waals surface area contributed by atoms with Crippen molar-refractivity contribution in [1.82, 2.24) is 19.3 Å². The monoisotopic (exact) mass is 288 g/mol. The van der Waals surface area contributed by atoms with Gasteiger partial charge >= 0.3 is 0 Å². The van der Waals surface area contributed by atoms with Gasteiger partial charge in [0.2, 0.25) is 0 Å². The third-order valence-electron chi connectivity index (χ3n) is 4.41. The minimum atomic E-state index is -0.336. The van der Waals surface area contributed by atoms with E-state index in [1.54, 1.807) is 11.0 Å². The van der Waals surface area contributed by atoms with E-state index in [1.807, 2.05) is 7.05 Å². The van der Waals surface area contributed by atoms with Gasteiger partial charge < -0.3 is 9.67 Å². The van der Waals surface area contributed by atoms with Crippen LogP contribution in [0.2, 0.25) is 0 Å². The highest BCUT2D eigenvalue weighted by atomic mass is 16.3. The van der Waals surface area contributed by atoms with Crippen molar-refractivity contribution in [2.75, 3.05) is 0 Å². The summed E-state index contributed by atoms with van der Waals surface area (Å²) in [6.45, 7) is 7.44. The van der Waals surface area contributed by atoms with Crippen LogP contribution < -0.4 is 0 Å². The molecule has 2 aromatic rings. The summed E-state index contributed by atoms with van der Waals surface area (Å²) in [5.74, 6) is 0.870. The largest absolute Gasteiger partial charge is 0.388 e. The summed E-state index contributed by atoms with van der Waals surface area (Å²) in [5, 5.41) is 14.7. The maximum atomic E-state index is 10.4. The van der Waals surface area contributed by atoms with E-state index in [1.165, 1.54) is 11.4 Å². The molecular formula is C16H24N4O. The summed E-state index contributed by atoms with van der Waals surface area (Å²) in [7, 11) is 1.89. The van der Waals surface area contributed by atoms with Crippen LogP contribution in [0.25, 0.3) is 0 Å². The zero-order valence-electron chi connectivity index (χ0n) is 13.3. The van der Waals surface area contributed by atoms with Gasteiger partial charge in [-0.15, -0.1) is 0 Å². The minimum Gasteiger partial charge on any atom is -0.388 e. The number of rotatable bonds is 3. The highest BCUT2D eigenvalue weighted by Crippen LogP contribution is 2.41. The van der Waals surface area contributed by atoms with E-state index in [9.17, 15) is 5.11 Å². The van der Waals surface area contributed by atoms with Crippen LogP contribution in [0.4, 0.5) is 0 Å². The summed E-state index contributed by atoms with van der Waals surface area (Å²) in [6, 6.07) is 2.14. The summed E-state index contributed by atoms with van der Waals surface area (Å²) < 4.78 is 4.07. The summed E-state index contributed by atoms with van der Waals surface area (Å²) in [4.78, 5) is 4.29. The fourth-order valence-corrected chi connectivity index (χ4v) is 3.42. The predicted molar refractivity (Wildman–Crippen MR) is 80.9 cm³/mol. The van der Waals surface area contributed by atoms with Gasteiger partial charge in [0, 0.05) is 37.0 Å². The molecule has 0 aromatic carbocycles. The third-order valence-corrected chi connectivity index (χ3v) is 4.41. The summed E-state index contributed by atoms with van der Waals surface area (Å²) >= 11 is 0. The molecule has 1 aliphatic carbocycles. The van der Waals surface area contributed by atoms with E-state index in [0.29, 0.717) is 0 Å². The van der Waals surface area contributed by atoms with Gasteiger partial charge in [-0.3, -0.25) is 4.68 Å². The maximum Gasteiger partial charge on any atom is 0.152 e. The second-order valence-electron chi connectivity index (χ2n) is 6.98. The lowest BCUT2D eigenvalue weighted by molar-refractivity contribution is 0.0979. The van der Waals surface area contributed by atoms with Crippen molar-refractivity contribution in [3.63, 3.8) is 0 Å². The lowest BCUT2D eigenvalue weighted by atomic mass is 9.75. The first-order valence-electron chi connectivity index (χ1n) is 7.57. The van der Waals surface area contributed by atoms with Crippen LogP contribution in [-0.2, 0) is 26.4 Å². The lowest BCUT2D eigenvalue weighted by Crippen LogP contribution is -2.27. The number of aliphatic hydroxyl groups excluding tert-OH is 1. The van der Waals surface area contributed by atoms with Gasteiger partial charge in [0.15, 0.2) is 5.82 Å². The van der Waals surface area contributed by atoms with Crippen LogP contribution in [-0.4, -0.2) is 24.4 Å². The van der Waals surface area contributed by atoms with Crippen LogP contribution >= 0.6 is 0 Å². The van der Waals surface area contributed by atoms with Gasteiger partial charge in [-0.25, -0.2) is 4.98 Å². The SMILES string of the molecule is Cc1cc2c(n1CCc1ncn(C)n1)CC(C)(C)CC2O. The van der Waals surface area contributed by atoms with E-state index >= 15 is 0 Å². The fraction of sp³-hybridized carbons (Fsp3) is 0.625. The molecule has 0 saturated heterocycles. The zero-order valence-corrected chi connectivity index (χ0v) is 13.3. The Morgan fingerprint density at radius 3 is 2.86 bits per heavy atom. The Morgan fingerprint density at radius 2 is 2.19 bits per heavy atom. The molecule has 0 saturated carbocycles. The molecule has 0 amide bonds. The van der Waals surface area contributed by atoms with Crippen LogP contribution in [0, 0.1) is 12.3 Å². The van der Waals surface area contributed by atoms with E-state index in [0.717, 1.165) is 37.2 Å². The molecule has 2 aromatic heterocycles. The molecule has 0 bridgehead atoms. The van der Waals surface area contributed by atoms with E-state index in [-0.39, 0.29) is 11.5 Å². The van der Waals surface area contributed by atoms with Crippen LogP contribution in [0.15, 0.2) is 12.4 Å². The van der Waals surface area contributed by atoms with Gasteiger partial charge in [0.05, 0.1) is 6.10 Å². The van der Waals surface area contributed by atoms with Gasteiger partial charge in [0.25, 0.3) is 0 Å². The number of aryl methyl sites for hydroxylation is 3. The molecule has 5 heteroatoms. The average Bonchev–Trinajstić information content (AvgIpc) is 2.90. The molecule has 0 aliphatic heterocycles. The first-order valence-corrected chi connectivity index (χ1v) is 7.57. The molecule has 21 heavy (non-hydrogen) atoms. The van der Waals surface area contributed by atoms with Gasteiger partial charge in [-0.05, 0) is 31.2 Å². The normalized spacial score (nSPS) is 20.5. The van der Waals surface area contributed by atoms with E-state index in [4.69, 9.17) is 0 Å². The molecule has 1 unspecified atom stereocenters. The standard InChI is InChI=1S/C16H24N4O/c1-11-7-12-13(8-16(2,3)9-14(12)21)20(11)6-5-15-17-10-19(4)18-15/h7,10,14,21H,5-6,8-9H2,1-4H3. The van der Waals surface area contributed by atoms with Gasteiger partial charge in [-0.2, -0.15) is 5.10 Å². The molecule has 1 aliphatic rings. The fourth-order valence-electron chi connectivity index (χ4n) is 3.42. The Morgan fingerprint density at radius 1 is 1.43 bits per heavy atom. The van der Waals surface area contributed by atoms with Crippen molar-refractivity contribution < 1.29 is 5.11 Å². The van der Waals surface area contributed by atoms with Crippen molar-refractivity contribution in [3.05, 3.63) is 35.2 Å². The number of nitrogens with zero attached hydrogens (tertiary/aromatic N) is 4. The zero-order chi connectivity index (χ0) is 15.2. The van der Waals surface area contributed by atoms with Crippen LogP contribution in [0.1, 0.15) is 49.1 Å². The lowest BCUT2D eigenvalue weighted by Gasteiger charge is -2.34. The van der Waals surface area contributed by atoms with Crippen LogP contribution in [0.3, 0.4) is 0 Å². The maximum absolute atomic E-state index is 10.4.